The van der Waals surface area contributed by atoms with Crippen LogP contribution in [0.4, 0.5) is 4.79 Å². The van der Waals surface area contributed by atoms with E-state index in [1.165, 1.54) is 6.08 Å². The maximum Gasteiger partial charge on any atom is 0.412 e. The van der Waals surface area contributed by atoms with Gasteiger partial charge in [-0.2, -0.15) is 5.10 Å². The third-order valence-corrected chi connectivity index (χ3v) is 3.10. The summed E-state index contributed by atoms with van der Waals surface area (Å²) in [5.41, 5.74) is 0.787. The van der Waals surface area contributed by atoms with Crippen molar-refractivity contribution in [3.63, 3.8) is 0 Å². The fraction of sp³-hybridized carbons (Fsp3) is 0.316. The van der Waals surface area contributed by atoms with Crippen LogP contribution in [0.3, 0.4) is 0 Å². The van der Waals surface area contributed by atoms with Gasteiger partial charge in [0.1, 0.15) is 17.9 Å². The van der Waals surface area contributed by atoms with E-state index in [0.717, 1.165) is 5.56 Å². The average Bonchev–Trinajstić information content (AvgIpc) is 2.96. The van der Waals surface area contributed by atoms with E-state index in [9.17, 15) is 9.59 Å². The lowest BCUT2D eigenvalue weighted by molar-refractivity contribution is -0.140. The standard InChI is InChI=1S/C19H23N3O4/c1-19(2,3)26-18(24)21-16(10-15-11-20-22(4)12-15)17(23)25-13-14-8-6-5-7-9-14/h5-12H,13H2,1-4H3,(H,21,24)/b16-10-. The van der Waals surface area contributed by atoms with Gasteiger partial charge in [-0.25, -0.2) is 9.59 Å². The number of aryl methyl sites for hydroxylation is 1. The topological polar surface area (TPSA) is 82.5 Å². The first-order valence-corrected chi connectivity index (χ1v) is 8.14. The molecule has 0 aliphatic heterocycles. The second-order valence-electron chi connectivity index (χ2n) is 6.69. The molecule has 2 rings (SSSR count). The number of nitrogens with one attached hydrogen (secondary N) is 1. The Morgan fingerprint density at radius 1 is 1.23 bits per heavy atom. The summed E-state index contributed by atoms with van der Waals surface area (Å²) in [6, 6.07) is 9.28. The molecule has 0 saturated heterocycles. The number of carbonyl (C=O) groups is 2. The normalized spacial score (nSPS) is 11.8. The highest BCUT2D eigenvalue weighted by molar-refractivity contribution is 5.96. The maximum absolute atomic E-state index is 12.4. The number of benzene rings is 1. The Kier molecular flexibility index (Phi) is 6.16. The van der Waals surface area contributed by atoms with Gasteiger partial charge in [0, 0.05) is 18.8 Å². The molecule has 1 amide bonds. The first-order valence-electron chi connectivity index (χ1n) is 8.14. The molecule has 0 spiro atoms. The number of esters is 1. The van der Waals surface area contributed by atoms with E-state index >= 15 is 0 Å². The van der Waals surface area contributed by atoms with Crippen molar-refractivity contribution in [2.45, 2.75) is 33.0 Å². The quantitative estimate of drug-likeness (QED) is 0.657. The number of nitrogens with zero attached hydrogens (tertiary/aromatic N) is 2. The van der Waals surface area contributed by atoms with Crippen LogP contribution in [0, 0.1) is 0 Å². The van der Waals surface area contributed by atoms with E-state index in [1.54, 1.807) is 44.9 Å². The van der Waals surface area contributed by atoms with Crippen LogP contribution in [0.25, 0.3) is 6.08 Å². The smallest absolute Gasteiger partial charge is 0.412 e. The number of aromatic nitrogens is 2. The summed E-state index contributed by atoms with van der Waals surface area (Å²) in [6.07, 6.45) is 4.04. The van der Waals surface area contributed by atoms with Crippen LogP contribution < -0.4 is 5.32 Å². The zero-order valence-corrected chi connectivity index (χ0v) is 15.4. The van der Waals surface area contributed by atoms with E-state index in [0.29, 0.717) is 5.56 Å². The maximum atomic E-state index is 12.4. The van der Waals surface area contributed by atoms with Gasteiger partial charge in [-0.15, -0.1) is 0 Å². The lowest BCUT2D eigenvalue weighted by atomic mass is 10.2. The zero-order chi connectivity index (χ0) is 19.2. The summed E-state index contributed by atoms with van der Waals surface area (Å²) < 4.78 is 12.1. The Balaban J connectivity index is 2.12. The number of hydrogen-bond acceptors (Lipinski definition) is 5. The summed E-state index contributed by atoms with van der Waals surface area (Å²) in [5, 5.41) is 6.49. The first-order chi connectivity index (χ1) is 12.2. The minimum atomic E-state index is -0.732. The number of carbonyl (C=O) groups excluding carboxylic acids is 2. The summed E-state index contributed by atoms with van der Waals surface area (Å²) in [5.74, 6) is -0.663. The van der Waals surface area contributed by atoms with E-state index < -0.39 is 17.7 Å². The van der Waals surface area contributed by atoms with Gasteiger partial charge in [-0.05, 0) is 32.4 Å². The molecule has 7 nitrogen and oxygen atoms in total. The molecule has 26 heavy (non-hydrogen) atoms. The van der Waals surface area contributed by atoms with Crippen molar-refractivity contribution < 1.29 is 19.1 Å². The monoisotopic (exact) mass is 357 g/mol. The Morgan fingerprint density at radius 3 is 2.50 bits per heavy atom. The molecular weight excluding hydrogens is 334 g/mol. The van der Waals surface area contributed by atoms with Gasteiger partial charge in [0.25, 0.3) is 0 Å². The van der Waals surface area contributed by atoms with Crippen LogP contribution in [0.15, 0.2) is 48.4 Å². The number of hydrogen-bond donors (Lipinski definition) is 1. The fourth-order valence-corrected chi connectivity index (χ4v) is 2.04. The molecule has 0 unspecified atom stereocenters. The summed E-state index contributed by atoms with van der Waals surface area (Å²) in [4.78, 5) is 24.5. The molecule has 1 aromatic carbocycles. The molecular formula is C19H23N3O4. The third kappa shape index (κ3) is 6.43. The Bertz CT molecular complexity index is 789. The highest BCUT2D eigenvalue weighted by Crippen LogP contribution is 2.11. The van der Waals surface area contributed by atoms with E-state index in [1.807, 2.05) is 30.3 Å². The molecule has 0 radical (unpaired) electrons. The van der Waals surface area contributed by atoms with Crippen LogP contribution in [-0.4, -0.2) is 27.4 Å². The summed E-state index contributed by atoms with van der Waals surface area (Å²) in [6.45, 7) is 5.32. The van der Waals surface area contributed by atoms with Gasteiger partial charge in [0.15, 0.2) is 0 Å². The van der Waals surface area contributed by atoms with Gasteiger partial charge >= 0.3 is 12.1 Å². The molecule has 0 bridgehead atoms. The molecule has 0 aliphatic carbocycles. The predicted octanol–water partition coefficient (Wildman–Crippen LogP) is 3.03. The average molecular weight is 357 g/mol. The number of ether oxygens (including phenoxy) is 2. The number of rotatable bonds is 5. The number of alkyl carbamates (subject to hydrolysis) is 1. The van der Waals surface area contributed by atoms with E-state index in [-0.39, 0.29) is 12.3 Å². The van der Waals surface area contributed by atoms with Crippen molar-refractivity contribution in [1.82, 2.24) is 15.1 Å². The third-order valence-electron chi connectivity index (χ3n) is 3.10. The van der Waals surface area contributed by atoms with Gasteiger partial charge in [-0.3, -0.25) is 10.00 Å². The summed E-state index contributed by atoms with van der Waals surface area (Å²) in [7, 11) is 1.76. The molecule has 7 heteroatoms. The summed E-state index contributed by atoms with van der Waals surface area (Å²) >= 11 is 0. The predicted molar refractivity (Wildman–Crippen MR) is 96.8 cm³/mol. The molecule has 0 saturated carbocycles. The van der Waals surface area contributed by atoms with Crippen molar-refractivity contribution in [2.75, 3.05) is 0 Å². The van der Waals surface area contributed by atoms with E-state index in [4.69, 9.17) is 9.47 Å². The van der Waals surface area contributed by atoms with Gasteiger partial charge in [0.2, 0.25) is 0 Å². The van der Waals surface area contributed by atoms with Crippen molar-refractivity contribution in [3.8, 4) is 0 Å². The van der Waals surface area contributed by atoms with E-state index in [2.05, 4.69) is 10.4 Å². The fourth-order valence-electron chi connectivity index (χ4n) is 2.04. The second kappa shape index (κ2) is 8.33. The minimum Gasteiger partial charge on any atom is -0.456 e. The van der Waals surface area contributed by atoms with Crippen molar-refractivity contribution in [3.05, 3.63) is 59.5 Å². The lowest BCUT2D eigenvalue weighted by Gasteiger charge is -2.20. The first kappa shape index (κ1) is 19.2. The second-order valence-corrected chi connectivity index (χ2v) is 6.69. The van der Waals surface area contributed by atoms with Crippen LogP contribution in [-0.2, 0) is 27.9 Å². The number of amides is 1. The lowest BCUT2D eigenvalue weighted by Crippen LogP contribution is -2.34. The van der Waals surface area contributed by atoms with Crippen molar-refractivity contribution in [2.24, 2.45) is 7.05 Å². The van der Waals surface area contributed by atoms with Crippen LogP contribution in [0.5, 0.6) is 0 Å². The van der Waals surface area contributed by atoms with Crippen molar-refractivity contribution in [1.29, 1.82) is 0 Å². The van der Waals surface area contributed by atoms with Gasteiger partial charge in [-0.1, -0.05) is 30.3 Å². The molecule has 1 heterocycles. The molecule has 1 aromatic heterocycles. The van der Waals surface area contributed by atoms with Crippen LogP contribution in [0.1, 0.15) is 31.9 Å². The Morgan fingerprint density at radius 2 is 1.92 bits per heavy atom. The molecule has 138 valence electrons. The van der Waals surface area contributed by atoms with Gasteiger partial charge in [0.05, 0.1) is 6.20 Å². The zero-order valence-electron chi connectivity index (χ0n) is 15.4. The molecule has 1 N–H and O–H groups in total. The Hall–Kier alpha value is -3.09. The molecule has 0 fully saturated rings. The highest BCUT2D eigenvalue weighted by atomic mass is 16.6. The van der Waals surface area contributed by atoms with Crippen LogP contribution in [0.2, 0.25) is 0 Å². The molecule has 0 aliphatic rings. The highest BCUT2D eigenvalue weighted by Gasteiger charge is 2.20. The van der Waals surface area contributed by atoms with Crippen molar-refractivity contribution >= 4 is 18.1 Å². The Labute approximate surface area is 152 Å². The minimum absolute atomic E-state index is 0.0248. The molecule has 0 atom stereocenters. The van der Waals surface area contributed by atoms with Crippen LogP contribution >= 0.6 is 0 Å². The SMILES string of the molecule is Cn1cc(/C=C(\NC(=O)OC(C)(C)C)C(=O)OCc2ccccc2)cn1. The molecule has 2 aromatic rings. The van der Waals surface area contributed by atoms with Gasteiger partial charge < -0.3 is 9.47 Å². The largest absolute Gasteiger partial charge is 0.456 e.